The van der Waals surface area contributed by atoms with Crippen molar-refractivity contribution < 1.29 is 31.5 Å². The first-order valence-electron chi connectivity index (χ1n) is 5.68. The molecule has 20 heavy (non-hydrogen) atoms. The Morgan fingerprint density at radius 2 is 2.00 bits per heavy atom. The highest BCUT2D eigenvalue weighted by atomic mass is 19.4. The zero-order valence-electron chi connectivity index (χ0n) is 10.7. The fraction of sp³-hybridized carbons (Fsp3) is 0.500. The van der Waals surface area contributed by atoms with Crippen molar-refractivity contribution in [3.63, 3.8) is 0 Å². The number of nitrogens with zero attached hydrogens (tertiary/aromatic N) is 1. The lowest BCUT2D eigenvalue weighted by Crippen LogP contribution is -2.17. The Bertz CT molecular complexity index is 499. The SMILES string of the molecule is CCOC(=O)Cc1cc(C)c(C(F)(F)F)c(C(F)F)n1. The van der Waals surface area contributed by atoms with Gasteiger partial charge in [0.05, 0.1) is 24.3 Å². The van der Waals surface area contributed by atoms with Crippen LogP contribution in [0.15, 0.2) is 6.07 Å². The number of hydrogen-bond donors (Lipinski definition) is 0. The molecule has 0 saturated carbocycles. The zero-order chi connectivity index (χ0) is 15.5. The van der Waals surface area contributed by atoms with E-state index in [1.54, 1.807) is 6.92 Å². The van der Waals surface area contributed by atoms with Gasteiger partial charge < -0.3 is 4.74 Å². The number of hydrogen-bond acceptors (Lipinski definition) is 3. The van der Waals surface area contributed by atoms with Gasteiger partial charge in [-0.1, -0.05) is 0 Å². The Labute approximate surface area is 111 Å². The minimum atomic E-state index is -4.93. The summed E-state index contributed by atoms with van der Waals surface area (Å²) in [4.78, 5) is 14.5. The van der Waals surface area contributed by atoms with E-state index in [4.69, 9.17) is 0 Å². The summed E-state index contributed by atoms with van der Waals surface area (Å²) in [5, 5.41) is 0. The molecular formula is C12H12F5NO2. The quantitative estimate of drug-likeness (QED) is 0.631. The fourth-order valence-corrected chi connectivity index (χ4v) is 1.74. The van der Waals surface area contributed by atoms with Crippen LogP contribution in [0.2, 0.25) is 0 Å². The maximum Gasteiger partial charge on any atom is 0.418 e. The first-order valence-corrected chi connectivity index (χ1v) is 5.68. The number of carbonyl (C=O) groups excluding carboxylic acids is 1. The first-order chi connectivity index (χ1) is 9.16. The highest BCUT2D eigenvalue weighted by molar-refractivity contribution is 5.72. The molecule has 1 rings (SSSR count). The number of esters is 1. The van der Waals surface area contributed by atoms with Crippen LogP contribution in [0.1, 0.15) is 35.9 Å². The van der Waals surface area contributed by atoms with Gasteiger partial charge in [-0.15, -0.1) is 0 Å². The average molecular weight is 297 g/mol. The van der Waals surface area contributed by atoms with E-state index in [0.29, 0.717) is 0 Å². The van der Waals surface area contributed by atoms with E-state index in [0.717, 1.165) is 13.0 Å². The third-order valence-electron chi connectivity index (χ3n) is 2.42. The van der Waals surface area contributed by atoms with Crippen LogP contribution in [0.4, 0.5) is 22.0 Å². The molecule has 0 aliphatic carbocycles. The first kappa shape index (κ1) is 16.3. The van der Waals surface area contributed by atoms with E-state index in [9.17, 15) is 26.7 Å². The van der Waals surface area contributed by atoms with Gasteiger partial charge in [-0.05, 0) is 25.5 Å². The number of aryl methyl sites for hydroxylation is 1. The van der Waals surface area contributed by atoms with Gasteiger partial charge in [0.15, 0.2) is 0 Å². The molecule has 112 valence electrons. The number of halogens is 5. The number of carbonyl (C=O) groups is 1. The summed E-state index contributed by atoms with van der Waals surface area (Å²) in [7, 11) is 0. The smallest absolute Gasteiger partial charge is 0.418 e. The van der Waals surface area contributed by atoms with Crippen LogP contribution >= 0.6 is 0 Å². The molecule has 0 amide bonds. The molecule has 0 atom stereocenters. The Morgan fingerprint density at radius 1 is 1.40 bits per heavy atom. The molecule has 0 aliphatic heterocycles. The molecule has 0 spiro atoms. The minimum Gasteiger partial charge on any atom is -0.466 e. The maximum absolute atomic E-state index is 12.7. The standard InChI is InChI=1S/C12H12F5NO2/c1-3-20-8(19)5-7-4-6(2)9(12(15,16)17)10(18-7)11(13)14/h4,11H,3,5H2,1-2H3. The highest BCUT2D eigenvalue weighted by Gasteiger charge is 2.38. The molecule has 0 unspecified atom stereocenters. The predicted molar refractivity (Wildman–Crippen MR) is 59.3 cm³/mol. The summed E-state index contributed by atoms with van der Waals surface area (Å²) in [6.45, 7) is 2.68. The molecule has 8 heteroatoms. The summed E-state index contributed by atoms with van der Waals surface area (Å²) < 4.78 is 68.2. The normalized spacial score (nSPS) is 11.8. The van der Waals surface area contributed by atoms with E-state index in [2.05, 4.69) is 9.72 Å². The third kappa shape index (κ3) is 3.88. The van der Waals surface area contributed by atoms with Crippen LogP contribution in [0, 0.1) is 6.92 Å². The Hall–Kier alpha value is -1.73. The lowest BCUT2D eigenvalue weighted by molar-refractivity contribution is -0.142. The van der Waals surface area contributed by atoms with Crippen molar-refractivity contribution in [2.75, 3.05) is 6.61 Å². The monoisotopic (exact) mass is 297 g/mol. The molecule has 0 aromatic carbocycles. The molecule has 0 aliphatic rings. The van der Waals surface area contributed by atoms with Crippen LogP contribution in [0.3, 0.4) is 0 Å². The van der Waals surface area contributed by atoms with Gasteiger partial charge in [-0.3, -0.25) is 9.78 Å². The number of pyridine rings is 1. The largest absolute Gasteiger partial charge is 0.466 e. The van der Waals surface area contributed by atoms with E-state index in [1.807, 2.05) is 0 Å². The summed E-state index contributed by atoms with van der Waals surface area (Å²) in [5.41, 5.74) is -3.40. The van der Waals surface area contributed by atoms with E-state index in [-0.39, 0.29) is 12.3 Å². The van der Waals surface area contributed by atoms with Gasteiger partial charge in [0, 0.05) is 0 Å². The zero-order valence-corrected chi connectivity index (χ0v) is 10.7. The van der Waals surface area contributed by atoms with E-state index >= 15 is 0 Å². The molecule has 3 nitrogen and oxygen atoms in total. The van der Waals surface area contributed by atoms with Gasteiger partial charge in [0.2, 0.25) is 0 Å². The fourth-order valence-electron chi connectivity index (χ4n) is 1.74. The Morgan fingerprint density at radius 3 is 2.45 bits per heavy atom. The lowest BCUT2D eigenvalue weighted by atomic mass is 10.0. The van der Waals surface area contributed by atoms with Crippen molar-refractivity contribution in [3.8, 4) is 0 Å². The van der Waals surface area contributed by atoms with Crippen LogP contribution in [-0.4, -0.2) is 17.6 Å². The molecule has 0 saturated heterocycles. The van der Waals surface area contributed by atoms with Crippen LogP contribution in [0.5, 0.6) is 0 Å². The van der Waals surface area contributed by atoms with Gasteiger partial charge in [0.1, 0.15) is 5.69 Å². The number of rotatable bonds is 4. The number of ether oxygens (including phenoxy) is 1. The molecule has 0 radical (unpaired) electrons. The van der Waals surface area contributed by atoms with Crippen LogP contribution in [-0.2, 0) is 22.1 Å². The molecule has 0 bridgehead atoms. The Balaban J connectivity index is 3.24. The maximum atomic E-state index is 12.7. The van der Waals surface area contributed by atoms with Gasteiger partial charge >= 0.3 is 12.1 Å². The van der Waals surface area contributed by atoms with Crippen LogP contribution in [0.25, 0.3) is 0 Å². The molecule has 1 aromatic heterocycles. The number of alkyl halides is 5. The molecule has 1 heterocycles. The number of aromatic nitrogens is 1. The molecule has 0 N–H and O–H groups in total. The Kier molecular flexibility index (Phi) is 5.02. The van der Waals surface area contributed by atoms with Gasteiger partial charge in [-0.2, -0.15) is 13.2 Å². The second-order valence-corrected chi connectivity index (χ2v) is 3.97. The predicted octanol–water partition coefficient (Wildman–Crippen LogP) is 3.45. The molecule has 1 aromatic rings. The summed E-state index contributed by atoms with van der Waals surface area (Å²) in [5.74, 6) is -0.737. The molecular weight excluding hydrogens is 285 g/mol. The molecule has 0 fully saturated rings. The van der Waals surface area contributed by atoms with Crippen molar-refractivity contribution >= 4 is 5.97 Å². The van der Waals surface area contributed by atoms with Gasteiger partial charge in [-0.25, -0.2) is 8.78 Å². The van der Waals surface area contributed by atoms with E-state index < -0.39 is 41.8 Å². The van der Waals surface area contributed by atoms with Crippen molar-refractivity contribution in [2.24, 2.45) is 0 Å². The van der Waals surface area contributed by atoms with Gasteiger partial charge in [0.25, 0.3) is 6.43 Å². The summed E-state index contributed by atoms with van der Waals surface area (Å²) in [6, 6.07) is 0.964. The second-order valence-electron chi connectivity index (χ2n) is 3.97. The third-order valence-corrected chi connectivity index (χ3v) is 2.42. The van der Waals surface area contributed by atoms with Crippen molar-refractivity contribution in [1.29, 1.82) is 0 Å². The topological polar surface area (TPSA) is 39.2 Å². The summed E-state index contributed by atoms with van der Waals surface area (Å²) in [6.07, 6.45) is -8.76. The van der Waals surface area contributed by atoms with Crippen molar-refractivity contribution in [2.45, 2.75) is 32.9 Å². The van der Waals surface area contributed by atoms with Crippen molar-refractivity contribution in [1.82, 2.24) is 4.98 Å². The van der Waals surface area contributed by atoms with Crippen molar-refractivity contribution in [3.05, 3.63) is 28.6 Å². The minimum absolute atomic E-state index is 0.0835. The summed E-state index contributed by atoms with van der Waals surface area (Å²) >= 11 is 0. The lowest BCUT2D eigenvalue weighted by Gasteiger charge is -2.16. The highest BCUT2D eigenvalue weighted by Crippen LogP contribution is 2.37. The second kappa shape index (κ2) is 6.15. The average Bonchev–Trinajstić information content (AvgIpc) is 2.26. The van der Waals surface area contributed by atoms with Crippen LogP contribution < -0.4 is 0 Å². The van der Waals surface area contributed by atoms with E-state index in [1.165, 1.54) is 0 Å².